The van der Waals surface area contributed by atoms with E-state index in [1.54, 1.807) is 0 Å². The molecular formula is C11H20N2O. The predicted molar refractivity (Wildman–Crippen MR) is 56.0 cm³/mol. The highest BCUT2D eigenvalue weighted by Crippen LogP contribution is 2.26. The Balaban J connectivity index is 1.65. The summed E-state index contributed by atoms with van der Waals surface area (Å²) in [6, 6.07) is 1.04. The van der Waals surface area contributed by atoms with E-state index in [1.165, 1.54) is 6.42 Å². The fraction of sp³-hybridized carbons (Fsp3) is 0.909. The number of carbonyl (C=O) groups excluding carboxylic acids is 1. The van der Waals surface area contributed by atoms with Gasteiger partial charge in [0, 0.05) is 25.0 Å². The number of nitrogens with zero attached hydrogens (tertiary/aromatic N) is 1. The molecule has 2 rings (SSSR count). The maximum Gasteiger partial charge on any atom is 0.223 e. The van der Waals surface area contributed by atoms with Crippen LogP contribution in [0, 0.1) is 5.92 Å². The Morgan fingerprint density at radius 1 is 1.36 bits per heavy atom. The summed E-state index contributed by atoms with van der Waals surface area (Å²) < 4.78 is 0. The summed E-state index contributed by atoms with van der Waals surface area (Å²) in [6.45, 7) is 6.47. The molecule has 0 aromatic carbocycles. The molecule has 3 nitrogen and oxygen atoms in total. The number of hydrogen-bond acceptors (Lipinski definition) is 2. The highest BCUT2D eigenvalue weighted by molar-refractivity contribution is 5.79. The number of amides is 1. The molecule has 14 heavy (non-hydrogen) atoms. The zero-order valence-corrected chi connectivity index (χ0v) is 9.12. The topological polar surface area (TPSA) is 32.3 Å². The van der Waals surface area contributed by atoms with Crippen molar-refractivity contribution in [3.63, 3.8) is 0 Å². The molecule has 0 atom stereocenters. The van der Waals surface area contributed by atoms with Crippen LogP contribution in [0.1, 0.15) is 33.1 Å². The number of rotatable bonds is 3. The van der Waals surface area contributed by atoms with E-state index in [9.17, 15) is 4.79 Å². The molecular weight excluding hydrogens is 176 g/mol. The van der Waals surface area contributed by atoms with Crippen molar-refractivity contribution in [2.24, 2.45) is 5.92 Å². The molecule has 3 heteroatoms. The van der Waals surface area contributed by atoms with E-state index in [-0.39, 0.29) is 0 Å². The minimum absolute atomic E-state index is 0.296. The Bertz CT molecular complexity index is 217. The average molecular weight is 196 g/mol. The fourth-order valence-corrected chi connectivity index (χ4v) is 2.02. The van der Waals surface area contributed by atoms with Gasteiger partial charge in [0.05, 0.1) is 6.04 Å². The standard InChI is InChI=1S/C11H20N2O/c1-8(2)13-6-10(7-13)12-11(14)9-4-3-5-9/h8-10H,3-7H2,1-2H3,(H,12,14). The summed E-state index contributed by atoms with van der Waals surface area (Å²) in [4.78, 5) is 14.0. The molecule has 1 amide bonds. The molecule has 1 saturated heterocycles. The fourth-order valence-electron chi connectivity index (χ4n) is 2.02. The van der Waals surface area contributed by atoms with Crippen LogP contribution in [0.3, 0.4) is 0 Å². The summed E-state index contributed by atoms with van der Waals surface area (Å²) in [6.07, 6.45) is 3.44. The highest BCUT2D eigenvalue weighted by atomic mass is 16.2. The second kappa shape index (κ2) is 3.89. The summed E-state index contributed by atoms with van der Waals surface area (Å²) in [5.74, 6) is 0.632. The number of likely N-dealkylation sites (tertiary alicyclic amines) is 1. The maximum atomic E-state index is 11.6. The van der Waals surface area contributed by atoms with Crippen LogP contribution in [-0.4, -0.2) is 36.0 Å². The zero-order chi connectivity index (χ0) is 10.1. The van der Waals surface area contributed by atoms with E-state index in [0.29, 0.717) is 23.9 Å². The molecule has 0 spiro atoms. The Morgan fingerprint density at radius 2 is 2.00 bits per heavy atom. The lowest BCUT2D eigenvalue weighted by Crippen LogP contribution is -2.62. The molecule has 1 heterocycles. The van der Waals surface area contributed by atoms with E-state index in [0.717, 1.165) is 25.9 Å². The maximum absolute atomic E-state index is 11.6. The van der Waals surface area contributed by atoms with E-state index >= 15 is 0 Å². The van der Waals surface area contributed by atoms with Crippen LogP contribution in [0.15, 0.2) is 0 Å². The first-order valence-corrected chi connectivity index (χ1v) is 5.71. The monoisotopic (exact) mass is 196 g/mol. The van der Waals surface area contributed by atoms with Gasteiger partial charge >= 0.3 is 0 Å². The van der Waals surface area contributed by atoms with Crippen molar-refractivity contribution in [2.45, 2.75) is 45.2 Å². The Labute approximate surface area is 85.8 Å². The van der Waals surface area contributed by atoms with Gasteiger partial charge in [-0.25, -0.2) is 0 Å². The molecule has 0 radical (unpaired) electrons. The first kappa shape index (κ1) is 9.97. The van der Waals surface area contributed by atoms with E-state index < -0.39 is 0 Å². The smallest absolute Gasteiger partial charge is 0.223 e. The van der Waals surface area contributed by atoms with Crippen LogP contribution < -0.4 is 5.32 Å². The molecule has 2 aliphatic rings. The van der Waals surface area contributed by atoms with E-state index in [2.05, 4.69) is 24.1 Å². The minimum Gasteiger partial charge on any atom is -0.351 e. The molecule has 0 aromatic heterocycles. The third kappa shape index (κ3) is 1.92. The van der Waals surface area contributed by atoms with Crippen LogP contribution in [-0.2, 0) is 4.79 Å². The summed E-state index contributed by atoms with van der Waals surface area (Å²) in [7, 11) is 0. The van der Waals surface area contributed by atoms with E-state index in [4.69, 9.17) is 0 Å². The lowest BCUT2D eigenvalue weighted by atomic mass is 9.84. The lowest BCUT2D eigenvalue weighted by Gasteiger charge is -2.43. The van der Waals surface area contributed by atoms with Crippen LogP contribution in [0.2, 0.25) is 0 Å². The first-order valence-electron chi connectivity index (χ1n) is 5.71. The van der Waals surface area contributed by atoms with Crippen molar-refractivity contribution in [3.05, 3.63) is 0 Å². The van der Waals surface area contributed by atoms with Crippen molar-refractivity contribution < 1.29 is 4.79 Å². The molecule has 2 fully saturated rings. The quantitative estimate of drug-likeness (QED) is 0.730. The van der Waals surface area contributed by atoms with Crippen LogP contribution in [0.5, 0.6) is 0 Å². The largest absolute Gasteiger partial charge is 0.351 e. The normalized spacial score (nSPS) is 24.5. The van der Waals surface area contributed by atoms with Gasteiger partial charge in [-0.1, -0.05) is 6.42 Å². The van der Waals surface area contributed by atoms with Crippen molar-refractivity contribution in [1.29, 1.82) is 0 Å². The van der Waals surface area contributed by atoms with E-state index in [1.807, 2.05) is 0 Å². The van der Waals surface area contributed by atoms with Gasteiger partial charge in [0.1, 0.15) is 0 Å². The van der Waals surface area contributed by atoms with Gasteiger partial charge in [0.25, 0.3) is 0 Å². The van der Waals surface area contributed by atoms with Gasteiger partial charge in [-0.05, 0) is 26.7 Å². The highest BCUT2D eigenvalue weighted by Gasteiger charge is 2.32. The molecule has 1 aliphatic heterocycles. The van der Waals surface area contributed by atoms with Crippen LogP contribution in [0.25, 0.3) is 0 Å². The average Bonchev–Trinajstić information content (AvgIpc) is 1.91. The second-order valence-electron chi connectivity index (χ2n) is 4.88. The molecule has 0 bridgehead atoms. The third-order valence-corrected chi connectivity index (χ3v) is 3.46. The number of hydrogen-bond donors (Lipinski definition) is 1. The van der Waals surface area contributed by atoms with Crippen molar-refractivity contribution in [2.75, 3.05) is 13.1 Å². The Kier molecular flexibility index (Phi) is 2.77. The van der Waals surface area contributed by atoms with Gasteiger partial charge < -0.3 is 5.32 Å². The molecule has 1 N–H and O–H groups in total. The van der Waals surface area contributed by atoms with Gasteiger partial charge in [-0.15, -0.1) is 0 Å². The van der Waals surface area contributed by atoms with Crippen molar-refractivity contribution in [1.82, 2.24) is 10.2 Å². The lowest BCUT2D eigenvalue weighted by molar-refractivity contribution is -0.129. The summed E-state index contributed by atoms with van der Waals surface area (Å²) in [5, 5.41) is 3.12. The summed E-state index contributed by atoms with van der Waals surface area (Å²) in [5.41, 5.74) is 0. The van der Waals surface area contributed by atoms with Crippen LogP contribution in [0.4, 0.5) is 0 Å². The van der Waals surface area contributed by atoms with Gasteiger partial charge in [0.15, 0.2) is 0 Å². The predicted octanol–water partition coefficient (Wildman–Crippen LogP) is 0.995. The van der Waals surface area contributed by atoms with Crippen LogP contribution >= 0.6 is 0 Å². The Hall–Kier alpha value is -0.570. The Morgan fingerprint density at radius 3 is 2.43 bits per heavy atom. The SMILES string of the molecule is CC(C)N1CC(NC(=O)C2CCC2)C1. The third-order valence-electron chi connectivity index (χ3n) is 3.46. The van der Waals surface area contributed by atoms with Crippen molar-refractivity contribution >= 4 is 5.91 Å². The first-order chi connectivity index (χ1) is 6.66. The number of nitrogens with one attached hydrogen (secondary N) is 1. The minimum atomic E-state index is 0.296. The molecule has 1 saturated carbocycles. The van der Waals surface area contributed by atoms with Gasteiger partial charge in [0.2, 0.25) is 5.91 Å². The molecule has 0 aromatic rings. The van der Waals surface area contributed by atoms with Crippen molar-refractivity contribution in [3.8, 4) is 0 Å². The van der Waals surface area contributed by atoms with Gasteiger partial charge in [-0.3, -0.25) is 9.69 Å². The number of carbonyl (C=O) groups is 1. The molecule has 80 valence electrons. The second-order valence-corrected chi connectivity index (χ2v) is 4.88. The molecule has 1 aliphatic carbocycles. The molecule has 0 unspecified atom stereocenters. The summed E-state index contributed by atoms with van der Waals surface area (Å²) >= 11 is 0. The zero-order valence-electron chi connectivity index (χ0n) is 9.12. The van der Waals surface area contributed by atoms with Gasteiger partial charge in [-0.2, -0.15) is 0 Å².